The summed E-state index contributed by atoms with van der Waals surface area (Å²) in [5.74, 6) is -1.18. The van der Waals surface area contributed by atoms with Gasteiger partial charge in [0.05, 0.1) is 6.21 Å². The Morgan fingerprint density at radius 3 is 2.64 bits per heavy atom. The zero-order valence-corrected chi connectivity index (χ0v) is 14.4. The van der Waals surface area contributed by atoms with E-state index in [1.165, 1.54) is 13.3 Å². The molecule has 6 nitrogen and oxygen atoms in total. The van der Waals surface area contributed by atoms with E-state index in [-0.39, 0.29) is 5.71 Å². The number of benzene rings is 2. The monoisotopic (exact) mass is 340 g/mol. The van der Waals surface area contributed by atoms with Crippen LogP contribution < -0.4 is 0 Å². The molecule has 6 heteroatoms. The van der Waals surface area contributed by atoms with E-state index in [9.17, 15) is 9.90 Å². The number of hydrogen-bond acceptors (Lipinski definition) is 5. The van der Waals surface area contributed by atoms with Gasteiger partial charge in [-0.25, -0.2) is 4.79 Å². The summed E-state index contributed by atoms with van der Waals surface area (Å²) in [7, 11) is 1.30. The summed E-state index contributed by atoms with van der Waals surface area (Å²) >= 11 is 0. The van der Waals surface area contributed by atoms with Crippen molar-refractivity contribution < 1.29 is 19.6 Å². The van der Waals surface area contributed by atoms with Crippen LogP contribution in [-0.4, -0.2) is 30.1 Å². The second kappa shape index (κ2) is 8.63. The largest absolute Gasteiger partial charge is 0.476 e. The fraction of sp³-hybridized carbons (Fsp3) is 0.211. The number of oxime groups is 2. The lowest BCUT2D eigenvalue weighted by Crippen LogP contribution is -2.17. The summed E-state index contributed by atoms with van der Waals surface area (Å²) < 4.78 is 0. The third kappa shape index (κ3) is 4.91. The molecule has 0 radical (unpaired) electrons. The van der Waals surface area contributed by atoms with Crippen molar-refractivity contribution in [1.82, 2.24) is 0 Å². The van der Waals surface area contributed by atoms with Gasteiger partial charge < -0.3 is 14.8 Å². The van der Waals surface area contributed by atoms with Crippen molar-refractivity contribution in [2.45, 2.75) is 20.5 Å². The molecule has 0 aliphatic rings. The average molecular weight is 340 g/mol. The van der Waals surface area contributed by atoms with Crippen LogP contribution in [0, 0.1) is 13.8 Å². The lowest BCUT2D eigenvalue weighted by atomic mass is 9.99. The van der Waals surface area contributed by atoms with Crippen LogP contribution in [-0.2, 0) is 21.1 Å². The van der Waals surface area contributed by atoms with Crippen molar-refractivity contribution in [1.29, 1.82) is 0 Å². The van der Waals surface area contributed by atoms with Gasteiger partial charge >= 0.3 is 5.97 Å². The number of hydrogen-bond donors (Lipinski definition) is 1. The quantitative estimate of drug-likeness (QED) is 0.619. The normalized spacial score (nSPS) is 11.6. The number of carboxylic acid groups (broad SMARTS) is 1. The zero-order valence-electron chi connectivity index (χ0n) is 14.4. The first kappa shape index (κ1) is 18.2. The second-order valence-electron chi connectivity index (χ2n) is 5.46. The smallest absolute Gasteiger partial charge is 0.358 e. The molecule has 0 spiro atoms. The third-order valence-electron chi connectivity index (χ3n) is 3.53. The van der Waals surface area contributed by atoms with Crippen molar-refractivity contribution in [3.63, 3.8) is 0 Å². The van der Waals surface area contributed by atoms with Gasteiger partial charge in [0.1, 0.15) is 13.7 Å². The number of carboxylic acids is 1. The maximum Gasteiger partial charge on any atom is 0.358 e. The van der Waals surface area contributed by atoms with Crippen LogP contribution >= 0.6 is 0 Å². The highest BCUT2D eigenvalue weighted by Crippen LogP contribution is 2.14. The average Bonchev–Trinajstić information content (AvgIpc) is 2.57. The Bertz CT molecular complexity index is 813. The number of nitrogens with zero attached hydrogens (tertiary/aromatic N) is 2. The first-order valence-electron chi connectivity index (χ1n) is 7.68. The summed E-state index contributed by atoms with van der Waals surface area (Å²) in [5, 5.41) is 16.9. The van der Waals surface area contributed by atoms with Crippen LogP contribution in [0.3, 0.4) is 0 Å². The van der Waals surface area contributed by atoms with Crippen LogP contribution in [0.5, 0.6) is 0 Å². The molecule has 0 bridgehead atoms. The number of aliphatic carboxylic acids is 1. The fourth-order valence-electron chi connectivity index (χ4n) is 2.36. The molecule has 1 N–H and O–H groups in total. The molecular weight excluding hydrogens is 320 g/mol. The van der Waals surface area contributed by atoms with Gasteiger partial charge in [0.15, 0.2) is 5.71 Å². The van der Waals surface area contributed by atoms with Crippen molar-refractivity contribution in [2.24, 2.45) is 10.3 Å². The van der Waals surface area contributed by atoms with Crippen molar-refractivity contribution >= 4 is 17.9 Å². The van der Waals surface area contributed by atoms with E-state index in [1.54, 1.807) is 12.1 Å². The molecule has 0 aliphatic heterocycles. The van der Waals surface area contributed by atoms with Crippen LogP contribution in [0.15, 0.2) is 52.8 Å². The zero-order chi connectivity index (χ0) is 18.2. The summed E-state index contributed by atoms with van der Waals surface area (Å²) in [6.07, 6.45) is 1.49. The Balaban J connectivity index is 2.21. The molecule has 0 heterocycles. The molecule has 2 aromatic rings. The van der Waals surface area contributed by atoms with Crippen LogP contribution in [0.4, 0.5) is 0 Å². The lowest BCUT2D eigenvalue weighted by Gasteiger charge is -2.08. The summed E-state index contributed by atoms with van der Waals surface area (Å²) in [5.41, 5.74) is 3.85. The number of rotatable bonds is 7. The minimum atomic E-state index is -1.18. The topological polar surface area (TPSA) is 80.5 Å². The Morgan fingerprint density at radius 2 is 1.96 bits per heavy atom. The number of aryl methyl sites for hydroxylation is 2. The van der Waals surface area contributed by atoms with E-state index < -0.39 is 5.97 Å². The predicted octanol–water partition coefficient (Wildman–Crippen LogP) is 3.29. The van der Waals surface area contributed by atoms with E-state index in [0.717, 1.165) is 16.7 Å². The van der Waals surface area contributed by atoms with Gasteiger partial charge in [0.25, 0.3) is 0 Å². The van der Waals surface area contributed by atoms with Crippen LogP contribution in [0.25, 0.3) is 0 Å². The molecular formula is C19H20N2O4. The van der Waals surface area contributed by atoms with Crippen LogP contribution in [0.2, 0.25) is 0 Å². The Kier molecular flexibility index (Phi) is 6.28. The van der Waals surface area contributed by atoms with Crippen LogP contribution in [0.1, 0.15) is 27.8 Å². The highest BCUT2D eigenvalue weighted by atomic mass is 16.6. The second-order valence-corrected chi connectivity index (χ2v) is 5.46. The third-order valence-corrected chi connectivity index (χ3v) is 3.53. The maximum absolute atomic E-state index is 11.4. The Morgan fingerprint density at radius 1 is 1.20 bits per heavy atom. The lowest BCUT2D eigenvalue weighted by molar-refractivity contribution is -0.129. The molecule has 0 saturated carbocycles. The van der Waals surface area contributed by atoms with Crippen molar-refractivity contribution in [2.75, 3.05) is 7.11 Å². The van der Waals surface area contributed by atoms with Gasteiger partial charge in [-0.2, -0.15) is 0 Å². The van der Waals surface area contributed by atoms with Gasteiger partial charge in [0.2, 0.25) is 0 Å². The molecule has 0 fully saturated rings. The standard InChI is InChI=1S/C19H20N2O4/c1-13-6-4-8-15(10-13)12-25-20-11-17-14(2)7-5-9-16(17)18(19(22)23)21-24-3/h4-11H,12H2,1-3H3,(H,22,23). The van der Waals surface area contributed by atoms with Gasteiger partial charge in [0, 0.05) is 11.1 Å². The molecule has 2 rings (SSSR count). The van der Waals surface area contributed by atoms with Gasteiger partial charge in [-0.05, 0) is 25.0 Å². The minimum Gasteiger partial charge on any atom is -0.476 e. The first-order valence-corrected chi connectivity index (χ1v) is 7.68. The molecule has 0 amide bonds. The summed E-state index contributed by atoms with van der Waals surface area (Å²) in [6.45, 7) is 4.20. The molecule has 0 atom stereocenters. The highest BCUT2D eigenvalue weighted by Gasteiger charge is 2.18. The highest BCUT2D eigenvalue weighted by molar-refractivity contribution is 6.43. The van der Waals surface area contributed by atoms with E-state index in [4.69, 9.17) is 4.84 Å². The molecule has 25 heavy (non-hydrogen) atoms. The maximum atomic E-state index is 11.4. The fourth-order valence-corrected chi connectivity index (χ4v) is 2.36. The molecule has 0 saturated heterocycles. The van der Waals surface area contributed by atoms with Crippen molar-refractivity contribution in [3.8, 4) is 0 Å². The van der Waals surface area contributed by atoms with Gasteiger partial charge in [-0.15, -0.1) is 0 Å². The van der Waals surface area contributed by atoms with Crippen molar-refractivity contribution in [3.05, 3.63) is 70.3 Å². The van der Waals surface area contributed by atoms with Gasteiger partial charge in [-0.3, -0.25) is 0 Å². The molecule has 0 aromatic heterocycles. The Labute approximate surface area is 146 Å². The number of carbonyl (C=O) groups is 1. The van der Waals surface area contributed by atoms with E-state index in [1.807, 2.05) is 44.2 Å². The van der Waals surface area contributed by atoms with E-state index >= 15 is 0 Å². The molecule has 2 aromatic carbocycles. The van der Waals surface area contributed by atoms with Gasteiger partial charge in [-0.1, -0.05) is 58.3 Å². The first-order chi connectivity index (χ1) is 12.0. The summed E-state index contributed by atoms with van der Waals surface area (Å²) in [4.78, 5) is 21.4. The molecule has 0 unspecified atom stereocenters. The minimum absolute atomic E-state index is 0.189. The molecule has 130 valence electrons. The summed E-state index contributed by atoms with van der Waals surface area (Å²) in [6, 6.07) is 13.2. The predicted molar refractivity (Wildman–Crippen MR) is 95.9 cm³/mol. The Hall–Kier alpha value is -3.15. The SMILES string of the molecule is CON=C(C(=O)O)c1cccc(C)c1C=NOCc1cccc(C)c1. The van der Waals surface area contributed by atoms with E-state index in [2.05, 4.69) is 15.1 Å². The molecule has 0 aliphatic carbocycles. The van der Waals surface area contributed by atoms with E-state index in [0.29, 0.717) is 17.7 Å².